The fourth-order valence-electron chi connectivity index (χ4n) is 5.45. The van der Waals surface area contributed by atoms with Gasteiger partial charge in [0.25, 0.3) is 0 Å². The van der Waals surface area contributed by atoms with Crippen LogP contribution >= 0.6 is 0 Å². The zero-order chi connectivity index (χ0) is 42.2. The number of hydrogen-bond donors (Lipinski definition) is 2. The van der Waals surface area contributed by atoms with Crippen LogP contribution in [-0.4, -0.2) is 102 Å². The van der Waals surface area contributed by atoms with E-state index in [2.05, 4.69) is 5.32 Å². The molecule has 19 heteroatoms. The quantitative estimate of drug-likeness (QED) is 0.0701. The number of ether oxygens (including phenoxy) is 4. The number of anilines is 1. The lowest BCUT2D eigenvalue weighted by atomic mass is 10.2. The maximum absolute atomic E-state index is 13.9. The van der Waals surface area contributed by atoms with Crippen molar-refractivity contribution in [2.24, 2.45) is 0 Å². The lowest BCUT2D eigenvalue weighted by molar-refractivity contribution is -0.104. The molecule has 1 aliphatic heterocycles. The van der Waals surface area contributed by atoms with Crippen LogP contribution in [0.25, 0.3) is 0 Å². The van der Waals surface area contributed by atoms with Gasteiger partial charge in [0.05, 0.1) is 26.0 Å². The number of para-hydroxylation sites is 2. The van der Waals surface area contributed by atoms with Crippen LogP contribution in [0.2, 0.25) is 0 Å². The number of rotatable bonds is 13. The molecule has 0 aromatic heterocycles. The van der Waals surface area contributed by atoms with Gasteiger partial charge < -0.3 is 28.0 Å². The molecule has 2 N–H and O–H groups in total. The zero-order valence-electron chi connectivity index (χ0n) is 33.4. The molecule has 1 aliphatic rings. The smallest absolute Gasteiger partial charge is 0.442 e. The minimum absolute atomic E-state index is 0.00994. The highest BCUT2D eigenvalue weighted by Gasteiger charge is 2.35. The van der Waals surface area contributed by atoms with Crippen molar-refractivity contribution in [3.8, 4) is 17.2 Å². The largest absolute Gasteiger partial charge is 0.495 e. The Balaban J connectivity index is 1.40. The molecule has 3 aromatic rings. The Bertz CT molecular complexity index is 2130. The molecule has 57 heavy (non-hydrogen) atoms. The van der Waals surface area contributed by atoms with Gasteiger partial charge in [0, 0.05) is 38.7 Å². The van der Waals surface area contributed by atoms with E-state index in [-0.39, 0.29) is 44.2 Å². The van der Waals surface area contributed by atoms with Crippen molar-refractivity contribution in [1.82, 2.24) is 14.7 Å². The van der Waals surface area contributed by atoms with E-state index in [1.54, 1.807) is 61.6 Å². The third-order valence-electron chi connectivity index (χ3n) is 7.79. The lowest BCUT2D eigenvalue weighted by Gasteiger charge is -2.36. The summed E-state index contributed by atoms with van der Waals surface area (Å²) >= 11 is 0. The number of sulfonamides is 1. The van der Waals surface area contributed by atoms with Crippen LogP contribution in [0, 0.1) is 12.3 Å². The van der Waals surface area contributed by atoms with Crippen molar-refractivity contribution < 1.29 is 54.4 Å². The zero-order valence-corrected chi connectivity index (χ0v) is 35.0. The Morgan fingerprint density at radius 1 is 0.807 bits per heavy atom. The second-order valence-corrected chi connectivity index (χ2v) is 18.2. The van der Waals surface area contributed by atoms with E-state index >= 15 is 0 Å². The van der Waals surface area contributed by atoms with Gasteiger partial charge in [-0.05, 0) is 90.4 Å². The molecule has 1 saturated heterocycles. The second-order valence-electron chi connectivity index (χ2n) is 14.8. The third kappa shape index (κ3) is 12.7. The molecule has 1 fully saturated rings. The number of piperazine rings is 1. The first-order valence-electron chi connectivity index (χ1n) is 18.0. The number of carbonyl (C=O) groups excluding carboxylic acids is 2. The third-order valence-corrected chi connectivity index (χ3v) is 11.2. The SMILES string of the molecule is COc1ccccc1N1CCN(S(=O)(=O)c2ccccc2S(=O)(=O)Oc2cc(C)cc(OCCCON(C(=N)NC(=O)OC(C)(C)C)C(=O)OC(C)(C)C)c2)CC1. The van der Waals surface area contributed by atoms with E-state index in [0.717, 1.165) is 5.69 Å². The molecule has 0 unspecified atom stereocenters. The number of aryl methyl sites for hydroxylation is 1. The van der Waals surface area contributed by atoms with E-state index in [0.29, 0.717) is 29.5 Å². The number of hydroxylamine groups is 2. The predicted molar refractivity (Wildman–Crippen MR) is 211 cm³/mol. The first kappa shape index (κ1) is 44.6. The second kappa shape index (κ2) is 18.4. The van der Waals surface area contributed by atoms with Crippen molar-refractivity contribution >= 4 is 44.0 Å². The summed E-state index contributed by atoms with van der Waals surface area (Å²) in [5.74, 6) is 0.0487. The topological polar surface area (TPSA) is 203 Å². The molecule has 0 radical (unpaired) electrons. The van der Waals surface area contributed by atoms with Gasteiger partial charge in [-0.3, -0.25) is 15.6 Å². The summed E-state index contributed by atoms with van der Waals surface area (Å²) in [6.07, 6.45) is -1.86. The van der Waals surface area contributed by atoms with Gasteiger partial charge in [-0.25, -0.2) is 18.0 Å². The first-order chi connectivity index (χ1) is 26.6. The summed E-state index contributed by atoms with van der Waals surface area (Å²) in [6, 6.07) is 17.2. The minimum atomic E-state index is -4.67. The Labute approximate surface area is 334 Å². The molecule has 17 nitrogen and oxygen atoms in total. The van der Waals surface area contributed by atoms with Gasteiger partial charge in [0.1, 0.15) is 38.2 Å². The van der Waals surface area contributed by atoms with Gasteiger partial charge in [-0.15, -0.1) is 5.06 Å². The summed E-state index contributed by atoms with van der Waals surface area (Å²) in [6.45, 7) is 12.3. The van der Waals surface area contributed by atoms with Gasteiger partial charge >= 0.3 is 22.3 Å². The van der Waals surface area contributed by atoms with Crippen LogP contribution in [-0.2, 0) is 34.5 Å². The van der Waals surface area contributed by atoms with Gasteiger partial charge in [0.2, 0.25) is 16.0 Å². The van der Waals surface area contributed by atoms with E-state index in [1.165, 1.54) is 40.7 Å². The van der Waals surface area contributed by atoms with Crippen molar-refractivity contribution in [3.63, 3.8) is 0 Å². The molecule has 0 atom stereocenters. The molecule has 4 rings (SSSR count). The van der Waals surface area contributed by atoms with E-state index in [4.69, 9.17) is 33.4 Å². The Hall–Kier alpha value is -5.11. The molecule has 312 valence electrons. The fraction of sp³-hybridized carbons (Fsp3) is 0.447. The normalized spacial score (nSPS) is 14.0. The predicted octanol–water partition coefficient (Wildman–Crippen LogP) is 5.68. The Morgan fingerprint density at radius 3 is 2.04 bits per heavy atom. The molecule has 2 amide bonds. The molecular formula is C38H51N5O12S2. The Morgan fingerprint density at radius 2 is 1.40 bits per heavy atom. The number of benzene rings is 3. The number of carbonyl (C=O) groups is 2. The molecule has 3 aromatic carbocycles. The average Bonchev–Trinajstić information content (AvgIpc) is 3.11. The molecule has 0 aliphatic carbocycles. The van der Waals surface area contributed by atoms with E-state index in [1.807, 2.05) is 29.2 Å². The van der Waals surface area contributed by atoms with Crippen LogP contribution in [0.15, 0.2) is 76.5 Å². The summed E-state index contributed by atoms with van der Waals surface area (Å²) in [5.41, 5.74) is -0.373. The number of nitrogens with zero attached hydrogens (tertiary/aromatic N) is 3. The van der Waals surface area contributed by atoms with Crippen molar-refractivity contribution in [1.29, 1.82) is 5.41 Å². The van der Waals surface area contributed by atoms with Crippen LogP contribution in [0.5, 0.6) is 17.2 Å². The van der Waals surface area contributed by atoms with Crippen molar-refractivity contribution in [2.45, 2.75) is 75.9 Å². The number of nitrogens with one attached hydrogen (secondary N) is 2. The number of alkyl carbamates (subject to hydrolysis) is 1. The molecular weight excluding hydrogens is 783 g/mol. The molecule has 0 saturated carbocycles. The highest BCUT2D eigenvalue weighted by atomic mass is 32.2. The van der Waals surface area contributed by atoms with Gasteiger partial charge in [-0.1, -0.05) is 24.3 Å². The van der Waals surface area contributed by atoms with Gasteiger partial charge in [-0.2, -0.15) is 12.7 Å². The maximum Gasteiger partial charge on any atom is 0.442 e. The molecule has 0 bridgehead atoms. The van der Waals surface area contributed by atoms with Crippen LogP contribution in [0.3, 0.4) is 0 Å². The number of hydrogen-bond acceptors (Lipinski definition) is 14. The monoisotopic (exact) mass is 833 g/mol. The highest BCUT2D eigenvalue weighted by Crippen LogP contribution is 2.32. The van der Waals surface area contributed by atoms with Crippen LogP contribution in [0.1, 0.15) is 53.5 Å². The van der Waals surface area contributed by atoms with Crippen LogP contribution < -0.4 is 23.9 Å². The molecule has 1 heterocycles. The first-order valence-corrected chi connectivity index (χ1v) is 20.9. The van der Waals surface area contributed by atoms with Crippen molar-refractivity contribution in [2.75, 3.05) is 51.4 Å². The summed E-state index contributed by atoms with van der Waals surface area (Å²) < 4.78 is 83.6. The van der Waals surface area contributed by atoms with Crippen LogP contribution in [0.4, 0.5) is 15.3 Å². The average molecular weight is 834 g/mol. The summed E-state index contributed by atoms with van der Waals surface area (Å²) in [7, 11) is -7.35. The minimum Gasteiger partial charge on any atom is -0.495 e. The van der Waals surface area contributed by atoms with E-state index in [9.17, 15) is 26.4 Å². The lowest BCUT2D eigenvalue weighted by Crippen LogP contribution is -2.49. The Kier molecular flexibility index (Phi) is 14.4. The summed E-state index contributed by atoms with van der Waals surface area (Å²) in [5, 5.41) is 10.8. The number of guanidine groups is 1. The van der Waals surface area contributed by atoms with Crippen molar-refractivity contribution in [3.05, 3.63) is 72.3 Å². The van der Waals surface area contributed by atoms with E-state index < -0.39 is 59.3 Å². The summed E-state index contributed by atoms with van der Waals surface area (Å²) in [4.78, 5) is 31.6. The van der Waals surface area contributed by atoms with Gasteiger partial charge in [0.15, 0.2) is 0 Å². The number of methoxy groups -OCH3 is 1. The maximum atomic E-state index is 13.9. The highest BCUT2D eigenvalue weighted by molar-refractivity contribution is 7.91. The standard InChI is InChI=1S/C38H51N5O12S2/c1-27-24-28(51-22-13-23-52-43(36(45)54-38(5,6)7)34(39)40-35(44)53-37(2,3)4)26-29(25-27)55-57(48,49)33-17-12-11-16-32(33)56(46,47)42-20-18-41(19-21-42)30-14-9-10-15-31(30)50-8/h9-12,14-17,24-26H,13,18-23H2,1-8H3,(H2,39,40,44). The fourth-order valence-corrected chi connectivity index (χ4v) is 8.57. The molecule has 0 spiro atoms. The number of amides is 2.